The van der Waals surface area contributed by atoms with Crippen molar-refractivity contribution in [3.05, 3.63) is 50.6 Å². The SMILES string of the molecule is O=C(CCCc1cccs1)Nc1c(Br)cccc1C(=O)O. The lowest BCUT2D eigenvalue weighted by Crippen LogP contribution is -2.15. The van der Waals surface area contributed by atoms with Crippen molar-refractivity contribution < 1.29 is 14.7 Å². The van der Waals surface area contributed by atoms with E-state index in [4.69, 9.17) is 5.11 Å². The fourth-order valence-electron chi connectivity index (χ4n) is 1.91. The highest BCUT2D eigenvalue weighted by molar-refractivity contribution is 9.10. The molecule has 0 saturated heterocycles. The summed E-state index contributed by atoms with van der Waals surface area (Å²) in [6.45, 7) is 0. The first-order valence-electron chi connectivity index (χ1n) is 6.42. The van der Waals surface area contributed by atoms with Crippen LogP contribution in [0.5, 0.6) is 0 Å². The lowest BCUT2D eigenvalue weighted by Gasteiger charge is -2.10. The minimum atomic E-state index is -1.06. The molecule has 1 aromatic heterocycles. The maximum atomic E-state index is 11.9. The Balaban J connectivity index is 1.95. The molecule has 1 amide bonds. The standard InChI is InChI=1S/C15H14BrNO3S/c16-12-7-2-6-11(15(19)20)14(12)17-13(18)8-1-4-10-5-3-9-21-10/h2-3,5-7,9H,1,4,8H2,(H,17,18)(H,19,20). The summed E-state index contributed by atoms with van der Waals surface area (Å²) in [5.74, 6) is -1.24. The highest BCUT2D eigenvalue weighted by Crippen LogP contribution is 2.26. The van der Waals surface area contributed by atoms with E-state index in [0.717, 1.165) is 12.8 Å². The fraction of sp³-hybridized carbons (Fsp3) is 0.200. The number of nitrogens with one attached hydrogen (secondary N) is 1. The quantitative estimate of drug-likeness (QED) is 0.804. The molecule has 0 aliphatic carbocycles. The largest absolute Gasteiger partial charge is 0.478 e. The summed E-state index contributed by atoms with van der Waals surface area (Å²) in [4.78, 5) is 24.3. The van der Waals surface area contributed by atoms with E-state index in [1.807, 2.05) is 17.5 Å². The number of benzene rings is 1. The Labute approximate surface area is 134 Å². The summed E-state index contributed by atoms with van der Waals surface area (Å²) in [6, 6.07) is 8.82. The molecule has 2 aromatic rings. The zero-order valence-corrected chi connectivity index (χ0v) is 13.5. The number of carbonyl (C=O) groups excluding carboxylic acids is 1. The Morgan fingerprint density at radius 2 is 2.05 bits per heavy atom. The highest BCUT2D eigenvalue weighted by atomic mass is 79.9. The van der Waals surface area contributed by atoms with Gasteiger partial charge in [0.2, 0.25) is 5.91 Å². The number of para-hydroxylation sites is 1. The molecule has 0 bridgehead atoms. The first-order valence-corrected chi connectivity index (χ1v) is 8.09. The molecule has 0 unspecified atom stereocenters. The van der Waals surface area contributed by atoms with Gasteiger partial charge in [-0.2, -0.15) is 0 Å². The Bertz CT molecular complexity index is 640. The molecule has 2 rings (SSSR count). The molecule has 110 valence electrons. The number of carbonyl (C=O) groups is 2. The van der Waals surface area contributed by atoms with Gasteiger partial charge in [-0.25, -0.2) is 4.79 Å². The minimum absolute atomic E-state index is 0.0796. The van der Waals surface area contributed by atoms with Gasteiger partial charge < -0.3 is 10.4 Å². The van der Waals surface area contributed by atoms with E-state index in [9.17, 15) is 9.59 Å². The van der Waals surface area contributed by atoms with Crippen molar-refractivity contribution >= 4 is 44.8 Å². The number of aromatic carboxylic acids is 1. The van der Waals surface area contributed by atoms with E-state index in [-0.39, 0.29) is 11.5 Å². The van der Waals surface area contributed by atoms with Gasteiger partial charge in [-0.1, -0.05) is 12.1 Å². The molecule has 21 heavy (non-hydrogen) atoms. The number of halogens is 1. The molecule has 0 radical (unpaired) electrons. The van der Waals surface area contributed by atoms with Crippen LogP contribution in [0.15, 0.2) is 40.2 Å². The molecule has 0 saturated carbocycles. The Morgan fingerprint density at radius 3 is 2.71 bits per heavy atom. The predicted octanol–water partition coefficient (Wildman–Crippen LogP) is 4.17. The van der Waals surface area contributed by atoms with Crippen molar-refractivity contribution in [2.24, 2.45) is 0 Å². The fourth-order valence-corrected chi connectivity index (χ4v) is 3.13. The second-order valence-corrected chi connectivity index (χ2v) is 6.34. The van der Waals surface area contributed by atoms with E-state index >= 15 is 0 Å². The lowest BCUT2D eigenvalue weighted by atomic mass is 10.1. The molecule has 6 heteroatoms. The molecule has 1 aromatic carbocycles. The zero-order valence-electron chi connectivity index (χ0n) is 11.1. The first-order chi connectivity index (χ1) is 10.1. The number of hydrogen-bond acceptors (Lipinski definition) is 3. The van der Waals surface area contributed by atoms with Gasteiger partial charge in [0.1, 0.15) is 0 Å². The molecular weight excluding hydrogens is 354 g/mol. The third kappa shape index (κ3) is 4.41. The summed E-state index contributed by atoms with van der Waals surface area (Å²) in [6.07, 6.45) is 1.95. The van der Waals surface area contributed by atoms with Crippen LogP contribution in [-0.4, -0.2) is 17.0 Å². The normalized spacial score (nSPS) is 10.3. The van der Waals surface area contributed by atoms with Crippen molar-refractivity contribution in [2.45, 2.75) is 19.3 Å². The Hall–Kier alpha value is -1.66. The average Bonchev–Trinajstić information content (AvgIpc) is 2.94. The number of anilines is 1. The zero-order chi connectivity index (χ0) is 15.2. The van der Waals surface area contributed by atoms with Crippen LogP contribution in [0.4, 0.5) is 5.69 Å². The molecule has 0 atom stereocenters. The van der Waals surface area contributed by atoms with Crippen LogP contribution in [-0.2, 0) is 11.2 Å². The van der Waals surface area contributed by atoms with Crippen LogP contribution in [0.2, 0.25) is 0 Å². The minimum Gasteiger partial charge on any atom is -0.478 e. The van der Waals surface area contributed by atoms with Crippen LogP contribution in [0.25, 0.3) is 0 Å². The van der Waals surface area contributed by atoms with Crippen LogP contribution < -0.4 is 5.32 Å². The molecular formula is C15H14BrNO3S. The van der Waals surface area contributed by atoms with Crippen molar-refractivity contribution in [3.8, 4) is 0 Å². The van der Waals surface area contributed by atoms with Gasteiger partial charge in [-0.3, -0.25) is 4.79 Å². The molecule has 0 aliphatic heterocycles. The topological polar surface area (TPSA) is 66.4 Å². The van der Waals surface area contributed by atoms with Crippen molar-refractivity contribution in [3.63, 3.8) is 0 Å². The van der Waals surface area contributed by atoms with Crippen LogP contribution in [0.3, 0.4) is 0 Å². The number of aryl methyl sites for hydroxylation is 1. The number of carboxylic acids is 1. The summed E-state index contributed by atoms with van der Waals surface area (Å²) in [5, 5.41) is 13.8. The molecule has 0 aliphatic rings. The maximum absolute atomic E-state index is 11.9. The van der Waals surface area contributed by atoms with Crippen molar-refractivity contribution in [1.82, 2.24) is 0 Å². The van der Waals surface area contributed by atoms with Gasteiger partial charge in [0.25, 0.3) is 0 Å². The van der Waals surface area contributed by atoms with E-state index in [1.165, 1.54) is 10.9 Å². The van der Waals surface area contributed by atoms with Gasteiger partial charge in [0.05, 0.1) is 11.3 Å². The number of rotatable bonds is 6. The second kappa shape index (κ2) is 7.38. The number of carboxylic acid groups (broad SMARTS) is 1. The van der Waals surface area contributed by atoms with E-state index < -0.39 is 5.97 Å². The average molecular weight is 368 g/mol. The summed E-state index contributed by atoms with van der Waals surface area (Å²) in [7, 11) is 0. The van der Waals surface area contributed by atoms with Gasteiger partial charge in [-0.05, 0) is 52.4 Å². The molecule has 0 fully saturated rings. The summed E-state index contributed by atoms with van der Waals surface area (Å²) < 4.78 is 0.564. The van der Waals surface area contributed by atoms with Crippen LogP contribution in [0, 0.1) is 0 Å². The Morgan fingerprint density at radius 1 is 1.24 bits per heavy atom. The molecule has 1 heterocycles. The van der Waals surface area contributed by atoms with E-state index in [0.29, 0.717) is 16.6 Å². The molecule has 2 N–H and O–H groups in total. The second-order valence-electron chi connectivity index (χ2n) is 4.45. The lowest BCUT2D eigenvalue weighted by molar-refractivity contribution is -0.116. The van der Waals surface area contributed by atoms with E-state index in [1.54, 1.807) is 23.5 Å². The first kappa shape index (κ1) is 15.7. The number of amides is 1. The van der Waals surface area contributed by atoms with Crippen molar-refractivity contribution in [2.75, 3.05) is 5.32 Å². The summed E-state index contributed by atoms with van der Waals surface area (Å²) >= 11 is 4.94. The summed E-state index contributed by atoms with van der Waals surface area (Å²) in [5.41, 5.74) is 0.391. The number of hydrogen-bond donors (Lipinski definition) is 2. The van der Waals surface area contributed by atoms with Gasteiger partial charge >= 0.3 is 5.97 Å². The molecule has 4 nitrogen and oxygen atoms in total. The van der Waals surface area contributed by atoms with Gasteiger partial charge in [-0.15, -0.1) is 11.3 Å². The molecule has 0 spiro atoms. The third-order valence-electron chi connectivity index (χ3n) is 2.92. The van der Waals surface area contributed by atoms with Crippen LogP contribution in [0.1, 0.15) is 28.1 Å². The third-order valence-corrected chi connectivity index (χ3v) is 4.51. The van der Waals surface area contributed by atoms with Crippen molar-refractivity contribution in [1.29, 1.82) is 0 Å². The maximum Gasteiger partial charge on any atom is 0.337 e. The Kier molecular flexibility index (Phi) is 5.52. The van der Waals surface area contributed by atoms with Gasteiger partial charge in [0, 0.05) is 15.8 Å². The van der Waals surface area contributed by atoms with Gasteiger partial charge in [0.15, 0.2) is 0 Å². The van der Waals surface area contributed by atoms with E-state index in [2.05, 4.69) is 21.2 Å². The monoisotopic (exact) mass is 367 g/mol. The highest BCUT2D eigenvalue weighted by Gasteiger charge is 2.15. The smallest absolute Gasteiger partial charge is 0.337 e. The number of thiophene rings is 1. The van der Waals surface area contributed by atoms with Crippen LogP contribution >= 0.6 is 27.3 Å². The predicted molar refractivity (Wildman–Crippen MR) is 87.0 cm³/mol.